The third-order valence-electron chi connectivity index (χ3n) is 6.20. The van der Waals surface area contributed by atoms with Crippen LogP contribution in [0.4, 0.5) is 15.1 Å². The molecule has 2 aromatic heterocycles. The lowest BCUT2D eigenvalue weighted by Gasteiger charge is -2.39. The second-order valence-electron chi connectivity index (χ2n) is 8.24. The van der Waals surface area contributed by atoms with Crippen LogP contribution in [0.15, 0.2) is 35.0 Å². The highest BCUT2D eigenvalue weighted by Crippen LogP contribution is 2.36. The number of carbonyl (C=O) groups excluding carboxylic acids is 1. The van der Waals surface area contributed by atoms with Crippen LogP contribution in [0.2, 0.25) is 0 Å². The van der Waals surface area contributed by atoms with Crippen molar-refractivity contribution in [3.05, 3.63) is 36.5 Å². The Morgan fingerprint density at radius 3 is 2.74 bits per heavy atom. The lowest BCUT2D eigenvalue weighted by atomic mass is 9.97. The maximum Gasteiger partial charge on any atom is 0.324 e. The summed E-state index contributed by atoms with van der Waals surface area (Å²) in [4.78, 5) is 27.9. The number of aromatic nitrogens is 3. The Bertz CT molecular complexity index is 1090. The van der Waals surface area contributed by atoms with E-state index in [9.17, 15) is 9.18 Å². The van der Waals surface area contributed by atoms with E-state index in [0.29, 0.717) is 23.7 Å². The first kappa shape index (κ1) is 19.9. The largest absolute Gasteiger partial charge is 0.441 e. The molecule has 2 atom stereocenters. The smallest absolute Gasteiger partial charge is 0.324 e. The zero-order chi connectivity index (χ0) is 21.4. The lowest BCUT2D eigenvalue weighted by Crippen LogP contribution is -2.53. The number of fused-ring (bicyclic) bond motifs is 3. The quantitative estimate of drug-likeness (QED) is 0.649. The number of aryl methyl sites for hydroxylation is 1. The molecule has 31 heavy (non-hydrogen) atoms. The third kappa shape index (κ3) is 3.97. The van der Waals surface area contributed by atoms with Gasteiger partial charge in [-0.2, -0.15) is 0 Å². The highest BCUT2D eigenvalue weighted by molar-refractivity contribution is 5.90. The molecule has 2 fully saturated rings. The Morgan fingerprint density at radius 2 is 2.03 bits per heavy atom. The first-order chi connectivity index (χ1) is 15.1. The first-order valence-electron chi connectivity index (χ1n) is 10.7. The molecular weight excluding hydrogens is 399 g/mol. The average molecular weight is 424 g/mol. The number of alkyl halides is 1. The van der Waals surface area contributed by atoms with Crippen molar-refractivity contribution < 1.29 is 13.6 Å². The van der Waals surface area contributed by atoms with Crippen LogP contribution in [0, 0.1) is 6.92 Å². The molecule has 0 aliphatic carbocycles. The number of nitrogens with zero attached hydrogens (tertiary/aromatic N) is 4. The number of rotatable bonds is 5. The summed E-state index contributed by atoms with van der Waals surface area (Å²) in [5, 5.41) is 7.00. The van der Waals surface area contributed by atoms with Crippen LogP contribution in [0.3, 0.4) is 0 Å². The highest BCUT2D eigenvalue weighted by Gasteiger charge is 2.43. The zero-order valence-electron chi connectivity index (χ0n) is 17.3. The summed E-state index contributed by atoms with van der Waals surface area (Å²) in [6.45, 7) is 1.80. The van der Waals surface area contributed by atoms with Gasteiger partial charge in [0.05, 0.1) is 11.7 Å². The minimum Gasteiger partial charge on any atom is -0.441 e. The molecule has 5 rings (SSSR count). The summed E-state index contributed by atoms with van der Waals surface area (Å²) < 4.78 is 18.1. The van der Waals surface area contributed by atoms with Crippen molar-refractivity contribution in [3.8, 4) is 11.3 Å². The fraction of sp³-hybridized carbons (Fsp3) is 0.455. The number of nitrogens with one attached hydrogen (secondary N) is 2. The van der Waals surface area contributed by atoms with E-state index in [1.54, 1.807) is 19.3 Å². The van der Waals surface area contributed by atoms with Gasteiger partial charge in [0, 0.05) is 48.7 Å². The Kier molecular flexibility index (Phi) is 5.27. The molecule has 2 bridgehead atoms. The number of halogens is 1. The predicted octanol–water partition coefficient (Wildman–Crippen LogP) is 3.68. The molecular formula is C22H25FN6O2. The number of carbonyl (C=O) groups is 1. The number of piperidine rings is 1. The fourth-order valence-electron chi connectivity index (χ4n) is 4.83. The molecule has 0 spiro atoms. The number of hydrogen-bond acceptors (Lipinski definition) is 6. The van der Waals surface area contributed by atoms with Crippen molar-refractivity contribution in [1.29, 1.82) is 0 Å². The Hall–Kier alpha value is -3.07. The van der Waals surface area contributed by atoms with Gasteiger partial charge in [-0.1, -0.05) is 12.1 Å². The SMILES string of the molecule is Cc1ncc(-c2ccc3cnc(NC(=O)N4C5CCC4CC(NCCF)C5)nc3c2)o1. The summed E-state index contributed by atoms with van der Waals surface area (Å²) in [6, 6.07) is 6.19. The maximum absolute atomic E-state index is 13.0. The number of benzene rings is 1. The van der Waals surface area contributed by atoms with E-state index < -0.39 is 0 Å². The van der Waals surface area contributed by atoms with Gasteiger partial charge in [-0.15, -0.1) is 0 Å². The van der Waals surface area contributed by atoms with Crippen molar-refractivity contribution in [3.63, 3.8) is 0 Å². The topological polar surface area (TPSA) is 96.2 Å². The number of oxazole rings is 1. The Balaban J connectivity index is 1.31. The molecule has 9 heteroatoms. The van der Waals surface area contributed by atoms with E-state index in [4.69, 9.17) is 4.42 Å². The molecule has 0 radical (unpaired) electrons. The van der Waals surface area contributed by atoms with E-state index in [0.717, 1.165) is 36.6 Å². The van der Waals surface area contributed by atoms with E-state index in [2.05, 4.69) is 25.6 Å². The summed E-state index contributed by atoms with van der Waals surface area (Å²) in [6.07, 6.45) is 7.04. The lowest BCUT2D eigenvalue weighted by molar-refractivity contribution is 0.141. The van der Waals surface area contributed by atoms with Gasteiger partial charge in [0.2, 0.25) is 5.95 Å². The summed E-state index contributed by atoms with van der Waals surface area (Å²) in [5.74, 6) is 1.55. The minimum absolute atomic E-state index is 0.164. The van der Waals surface area contributed by atoms with E-state index in [1.807, 2.05) is 23.1 Å². The number of amides is 2. The van der Waals surface area contributed by atoms with E-state index >= 15 is 0 Å². The Morgan fingerprint density at radius 1 is 1.23 bits per heavy atom. The summed E-state index contributed by atoms with van der Waals surface area (Å²) in [7, 11) is 0. The molecule has 2 unspecified atom stereocenters. The monoisotopic (exact) mass is 424 g/mol. The van der Waals surface area contributed by atoms with E-state index in [-0.39, 0.29) is 36.8 Å². The van der Waals surface area contributed by atoms with Gasteiger partial charge in [-0.25, -0.2) is 24.1 Å². The highest BCUT2D eigenvalue weighted by atomic mass is 19.1. The third-order valence-corrected chi connectivity index (χ3v) is 6.20. The van der Waals surface area contributed by atoms with Crippen molar-refractivity contribution in [2.75, 3.05) is 18.5 Å². The molecule has 2 aliphatic heterocycles. The molecule has 3 aromatic rings. The molecule has 2 N–H and O–H groups in total. The molecule has 0 saturated carbocycles. The van der Waals surface area contributed by atoms with Gasteiger partial charge in [-0.3, -0.25) is 5.32 Å². The van der Waals surface area contributed by atoms with Crippen molar-refractivity contribution in [1.82, 2.24) is 25.2 Å². The fourth-order valence-corrected chi connectivity index (χ4v) is 4.83. The molecule has 2 amide bonds. The van der Waals surface area contributed by atoms with Gasteiger partial charge < -0.3 is 14.6 Å². The molecule has 2 aliphatic rings. The van der Waals surface area contributed by atoms with Crippen LogP contribution in [-0.2, 0) is 0 Å². The molecule has 2 saturated heterocycles. The van der Waals surface area contributed by atoms with Gasteiger partial charge in [0.1, 0.15) is 6.67 Å². The van der Waals surface area contributed by atoms with Crippen LogP contribution < -0.4 is 10.6 Å². The standard InChI is InChI=1S/C22H25FN6O2/c1-13-25-12-20(31-13)14-2-3-15-11-26-21(27-19(15)8-14)28-22(30)29-17-4-5-18(29)10-16(9-17)24-7-6-23/h2-3,8,11-12,16-18,24H,4-7,9-10H2,1H3,(H,26,27,28,30). The number of hydrogen-bond donors (Lipinski definition) is 2. The van der Waals surface area contributed by atoms with Gasteiger partial charge in [0.15, 0.2) is 11.7 Å². The molecule has 8 nitrogen and oxygen atoms in total. The second kappa shape index (κ2) is 8.22. The minimum atomic E-state index is -0.368. The van der Waals surface area contributed by atoms with Crippen LogP contribution in [-0.4, -0.2) is 57.2 Å². The van der Waals surface area contributed by atoms with Gasteiger partial charge >= 0.3 is 6.03 Å². The van der Waals surface area contributed by atoms with Gasteiger partial charge in [0.25, 0.3) is 0 Å². The summed E-state index contributed by atoms with van der Waals surface area (Å²) in [5.41, 5.74) is 1.58. The van der Waals surface area contributed by atoms with Crippen LogP contribution in [0.5, 0.6) is 0 Å². The van der Waals surface area contributed by atoms with Crippen molar-refractivity contribution in [2.45, 2.75) is 50.7 Å². The zero-order valence-corrected chi connectivity index (χ0v) is 17.3. The summed E-state index contributed by atoms with van der Waals surface area (Å²) >= 11 is 0. The predicted molar refractivity (Wildman–Crippen MR) is 114 cm³/mol. The Labute approximate surface area is 179 Å². The average Bonchev–Trinajstić information content (AvgIpc) is 3.32. The van der Waals surface area contributed by atoms with Crippen molar-refractivity contribution >= 4 is 22.9 Å². The van der Waals surface area contributed by atoms with Crippen molar-refractivity contribution in [2.24, 2.45) is 0 Å². The number of urea groups is 1. The van der Waals surface area contributed by atoms with Crippen LogP contribution in [0.25, 0.3) is 22.2 Å². The maximum atomic E-state index is 13.0. The molecule has 1 aromatic carbocycles. The molecule has 162 valence electrons. The first-order valence-corrected chi connectivity index (χ1v) is 10.7. The second-order valence-corrected chi connectivity index (χ2v) is 8.24. The molecule has 4 heterocycles. The normalized spacial score (nSPS) is 22.8. The van der Waals surface area contributed by atoms with Crippen LogP contribution >= 0.6 is 0 Å². The number of anilines is 1. The van der Waals surface area contributed by atoms with E-state index in [1.165, 1.54) is 0 Å². The van der Waals surface area contributed by atoms with Gasteiger partial charge in [-0.05, 0) is 31.7 Å². The van der Waals surface area contributed by atoms with Crippen LogP contribution in [0.1, 0.15) is 31.6 Å².